The average Bonchev–Trinajstić information content (AvgIpc) is 3.45. The summed E-state index contributed by atoms with van der Waals surface area (Å²) in [5.41, 5.74) is 0. The first-order valence-corrected chi connectivity index (χ1v) is 11.3. The zero-order chi connectivity index (χ0) is 20.5. The van der Waals surface area contributed by atoms with E-state index in [1.54, 1.807) is 6.26 Å². The second-order valence-electron chi connectivity index (χ2n) is 7.58. The Morgan fingerprint density at radius 2 is 2.14 bits per heavy atom. The Hall–Kier alpha value is -2.00. The van der Waals surface area contributed by atoms with Crippen molar-refractivity contribution in [2.45, 2.75) is 44.8 Å². The van der Waals surface area contributed by atoms with Gasteiger partial charge in [0.1, 0.15) is 5.76 Å². The molecule has 0 atom stereocenters. The van der Waals surface area contributed by atoms with Crippen LogP contribution >= 0.6 is 11.8 Å². The van der Waals surface area contributed by atoms with E-state index >= 15 is 0 Å². The van der Waals surface area contributed by atoms with E-state index in [-0.39, 0.29) is 5.91 Å². The number of carbonyl (C=O) groups is 1. The number of nitrogens with zero attached hydrogens (tertiary/aromatic N) is 4. The lowest BCUT2D eigenvalue weighted by atomic mass is 10.1. The maximum absolute atomic E-state index is 12.2. The van der Waals surface area contributed by atoms with Crippen LogP contribution in [0.4, 0.5) is 5.95 Å². The molecule has 3 rings (SSSR count). The molecule has 0 aliphatic carbocycles. The van der Waals surface area contributed by atoms with Gasteiger partial charge in [-0.1, -0.05) is 25.6 Å². The quantitative estimate of drug-likeness (QED) is 0.417. The van der Waals surface area contributed by atoms with Crippen LogP contribution in [-0.2, 0) is 16.1 Å². The zero-order valence-corrected chi connectivity index (χ0v) is 18.1. The van der Waals surface area contributed by atoms with Gasteiger partial charge >= 0.3 is 0 Å². The smallest absolute Gasteiger partial charge is 0.230 e. The molecule has 0 saturated carbocycles. The van der Waals surface area contributed by atoms with Crippen molar-refractivity contribution in [1.29, 1.82) is 0 Å². The van der Waals surface area contributed by atoms with E-state index in [0.717, 1.165) is 55.8 Å². The second-order valence-corrected chi connectivity index (χ2v) is 8.52. The van der Waals surface area contributed by atoms with Crippen LogP contribution in [0.2, 0.25) is 0 Å². The van der Waals surface area contributed by atoms with Gasteiger partial charge in [0.15, 0.2) is 5.16 Å². The summed E-state index contributed by atoms with van der Waals surface area (Å²) in [7, 11) is 0. The standard InChI is InChI=1S/C20H31N5O3S/c1-16(2)7-12-27-13-8-21-18(26)15-29-20-23-22-19(24-9-3-4-10-24)25(20)14-17-6-5-11-28-17/h5-6,11,16H,3-4,7-10,12-15H2,1-2H3,(H,21,26). The normalized spacial score (nSPS) is 14.1. The van der Waals surface area contributed by atoms with Crippen LogP contribution in [0.25, 0.3) is 0 Å². The number of ether oxygens (including phenoxy) is 1. The molecular formula is C20H31N5O3S. The summed E-state index contributed by atoms with van der Waals surface area (Å²) in [5, 5.41) is 12.4. The Bertz CT molecular complexity index is 741. The Balaban J connectivity index is 1.50. The number of anilines is 1. The van der Waals surface area contributed by atoms with Crippen LogP contribution in [-0.4, -0.2) is 59.3 Å². The fraction of sp³-hybridized carbons (Fsp3) is 0.650. The van der Waals surface area contributed by atoms with Crippen molar-refractivity contribution >= 4 is 23.6 Å². The number of nitrogens with one attached hydrogen (secondary N) is 1. The average molecular weight is 422 g/mol. The predicted molar refractivity (Wildman–Crippen MR) is 113 cm³/mol. The molecule has 0 aromatic carbocycles. The molecule has 0 bridgehead atoms. The number of rotatable bonds is 12. The molecule has 0 spiro atoms. The Labute approximate surface area is 176 Å². The minimum absolute atomic E-state index is 0.0299. The van der Waals surface area contributed by atoms with E-state index in [4.69, 9.17) is 9.15 Å². The Kier molecular flexibility index (Phi) is 8.42. The molecule has 2 aromatic rings. The van der Waals surface area contributed by atoms with Gasteiger partial charge in [0.2, 0.25) is 11.9 Å². The third-order valence-electron chi connectivity index (χ3n) is 4.72. The molecule has 8 nitrogen and oxygen atoms in total. The summed E-state index contributed by atoms with van der Waals surface area (Å²) < 4.78 is 13.1. The van der Waals surface area contributed by atoms with E-state index in [2.05, 4.69) is 34.3 Å². The van der Waals surface area contributed by atoms with Gasteiger partial charge in [-0.3, -0.25) is 9.36 Å². The molecule has 29 heavy (non-hydrogen) atoms. The molecule has 3 heterocycles. The lowest BCUT2D eigenvalue weighted by Gasteiger charge is -2.17. The number of thioether (sulfide) groups is 1. The molecule has 1 amide bonds. The topological polar surface area (TPSA) is 85.4 Å². The minimum atomic E-state index is -0.0299. The van der Waals surface area contributed by atoms with Crippen LogP contribution in [0.5, 0.6) is 0 Å². The van der Waals surface area contributed by atoms with Crippen LogP contribution < -0.4 is 10.2 Å². The van der Waals surface area contributed by atoms with Gasteiger partial charge in [0.25, 0.3) is 0 Å². The molecule has 2 aromatic heterocycles. The van der Waals surface area contributed by atoms with Crippen LogP contribution in [0.1, 0.15) is 38.9 Å². The number of hydrogen-bond acceptors (Lipinski definition) is 7. The first-order valence-electron chi connectivity index (χ1n) is 10.3. The maximum atomic E-state index is 12.2. The first-order chi connectivity index (χ1) is 14.1. The number of furan rings is 1. The van der Waals surface area contributed by atoms with Crippen LogP contribution in [0.15, 0.2) is 28.0 Å². The number of hydrogen-bond donors (Lipinski definition) is 1. The lowest BCUT2D eigenvalue weighted by molar-refractivity contribution is -0.118. The highest BCUT2D eigenvalue weighted by atomic mass is 32.2. The van der Waals surface area contributed by atoms with Crippen molar-refractivity contribution in [3.05, 3.63) is 24.2 Å². The highest BCUT2D eigenvalue weighted by molar-refractivity contribution is 7.99. The van der Waals surface area contributed by atoms with E-state index in [1.807, 2.05) is 16.7 Å². The third kappa shape index (κ3) is 6.78. The summed E-state index contributed by atoms with van der Waals surface area (Å²) in [6.45, 7) is 8.66. The van der Waals surface area contributed by atoms with E-state index in [1.165, 1.54) is 11.8 Å². The Morgan fingerprint density at radius 3 is 2.86 bits per heavy atom. The van der Waals surface area contributed by atoms with Gasteiger partial charge in [-0.25, -0.2) is 0 Å². The Morgan fingerprint density at radius 1 is 1.31 bits per heavy atom. The van der Waals surface area contributed by atoms with Crippen molar-refractivity contribution < 1.29 is 13.9 Å². The summed E-state index contributed by atoms with van der Waals surface area (Å²) in [6.07, 6.45) is 5.03. The third-order valence-corrected chi connectivity index (χ3v) is 5.69. The molecule has 1 saturated heterocycles. The summed E-state index contributed by atoms with van der Waals surface area (Å²) >= 11 is 1.40. The van der Waals surface area contributed by atoms with E-state index in [9.17, 15) is 4.79 Å². The van der Waals surface area contributed by atoms with Gasteiger partial charge in [0.05, 0.1) is 25.2 Å². The van der Waals surface area contributed by atoms with Gasteiger partial charge in [-0.05, 0) is 37.3 Å². The first kappa shape index (κ1) is 21.7. The minimum Gasteiger partial charge on any atom is -0.467 e. The van der Waals surface area contributed by atoms with Crippen molar-refractivity contribution in [3.8, 4) is 0 Å². The molecule has 1 aliphatic rings. The summed E-state index contributed by atoms with van der Waals surface area (Å²) in [6, 6.07) is 3.81. The van der Waals surface area contributed by atoms with Gasteiger partial charge in [-0.15, -0.1) is 10.2 Å². The van der Waals surface area contributed by atoms with Crippen LogP contribution in [0.3, 0.4) is 0 Å². The second kappa shape index (κ2) is 11.3. The molecule has 1 N–H and O–H groups in total. The highest BCUT2D eigenvalue weighted by Gasteiger charge is 2.22. The maximum Gasteiger partial charge on any atom is 0.230 e. The fourth-order valence-electron chi connectivity index (χ4n) is 3.10. The number of carbonyl (C=O) groups excluding carboxylic acids is 1. The SMILES string of the molecule is CC(C)CCOCCNC(=O)CSc1nnc(N2CCCC2)n1Cc1ccco1. The predicted octanol–water partition coefficient (Wildman–Crippen LogP) is 2.79. The monoisotopic (exact) mass is 421 g/mol. The molecule has 9 heteroatoms. The summed E-state index contributed by atoms with van der Waals surface area (Å²) in [5.74, 6) is 2.58. The number of amides is 1. The molecular weight excluding hydrogens is 390 g/mol. The molecule has 160 valence electrons. The highest BCUT2D eigenvalue weighted by Crippen LogP contribution is 2.25. The fourth-order valence-corrected chi connectivity index (χ4v) is 3.86. The van der Waals surface area contributed by atoms with E-state index < -0.39 is 0 Å². The van der Waals surface area contributed by atoms with Gasteiger partial charge in [-0.2, -0.15) is 0 Å². The van der Waals surface area contributed by atoms with Crippen LogP contribution in [0, 0.1) is 5.92 Å². The van der Waals surface area contributed by atoms with Crippen molar-refractivity contribution in [2.75, 3.05) is 43.5 Å². The molecule has 1 fully saturated rings. The lowest BCUT2D eigenvalue weighted by Crippen LogP contribution is -2.29. The molecule has 0 radical (unpaired) electrons. The van der Waals surface area contributed by atoms with Crippen molar-refractivity contribution in [3.63, 3.8) is 0 Å². The van der Waals surface area contributed by atoms with Crippen molar-refractivity contribution in [2.24, 2.45) is 5.92 Å². The van der Waals surface area contributed by atoms with E-state index in [0.29, 0.717) is 31.4 Å². The largest absolute Gasteiger partial charge is 0.467 e. The number of aromatic nitrogens is 3. The van der Waals surface area contributed by atoms with Crippen molar-refractivity contribution in [1.82, 2.24) is 20.1 Å². The summed E-state index contributed by atoms with van der Waals surface area (Å²) in [4.78, 5) is 14.4. The molecule has 0 unspecified atom stereocenters. The molecule has 1 aliphatic heterocycles. The zero-order valence-electron chi connectivity index (χ0n) is 17.3. The van der Waals surface area contributed by atoms with Gasteiger partial charge < -0.3 is 19.4 Å². The van der Waals surface area contributed by atoms with Gasteiger partial charge in [0, 0.05) is 26.2 Å².